The summed E-state index contributed by atoms with van der Waals surface area (Å²) in [5.41, 5.74) is 7.76. The minimum absolute atomic E-state index is 0.191. The van der Waals surface area contributed by atoms with Crippen LogP contribution >= 0.6 is 0 Å². The highest BCUT2D eigenvalue weighted by Crippen LogP contribution is 2.25. The Kier molecular flexibility index (Phi) is 4.33. The van der Waals surface area contributed by atoms with Crippen LogP contribution in [0.25, 0.3) is 0 Å². The third-order valence-corrected chi connectivity index (χ3v) is 5.31. The van der Waals surface area contributed by atoms with E-state index >= 15 is 0 Å². The Morgan fingerprint density at radius 2 is 1.75 bits per heavy atom. The fourth-order valence-electron chi connectivity index (χ4n) is 2.28. The first kappa shape index (κ1) is 15.2. The summed E-state index contributed by atoms with van der Waals surface area (Å²) in [6.45, 7) is 6.67. The zero-order valence-electron chi connectivity index (χ0n) is 12.2. The van der Waals surface area contributed by atoms with E-state index < -0.39 is 10.0 Å². The number of hydrogen-bond acceptors (Lipinski definition) is 5. The van der Waals surface area contributed by atoms with Crippen LogP contribution in [0.2, 0.25) is 0 Å². The molecule has 1 aliphatic heterocycles. The maximum atomic E-state index is 12.5. The Balaban J connectivity index is 2.25. The lowest BCUT2D eigenvalue weighted by atomic mass is 10.1. The maximum absolute atomic E-state index is 12.5. The van der Waals surface area contributed by atoms with Gasteiger partial charge in [-0.3, -0.25) is 0 Å². The Labute approximate surface area is 120 Å². The van der Waals surface area contributed by atoms with Gasteiger partial charge >= 0.3 is 0 Å². The van der Waals surface area contributed by atoms with E-state index in [1.807, 2.05) is 20.0 Å². The molecule has 0 aliphatic carbocycles. The average molecular weight is 298 g/mol. The van der Waals surface area contributed by atoms with Crippen molar-refractivity contribution >= 4 is 15.7 Å². The monoisotopic (exact) mass is 298 g/mol. The third kappa shape index (κ3) is 3.12. The largest absolute Gasteiger partial charge is 0.398 e. The topological polar surface area (TPSA) is 78.7 Å². The molecule has 0 amide bonds. The van der Waals surface area contributed by atoms with Gasteiger partial charge in [0.25, 0.3) is 10.0 Å². The van der Waals surface area contributed by atoms with E-state index in [1.54, 1.807) is 18.0 Å². The SMILES string of the molecule is Cc1ccc(N)c(S(=O)(=O)NN2CCN(C)CC2)c1C. The normalized spacial score (nSPS) is 18.4. The van der Waals surface area contributed by atoms with Crippen molar-refractivity contribution in [3.8, 4) is 0 Å². The van der Waals surface area contributed by atoms with Crippen LogP contribution in [0.1, 0.15) is 11.1 Å². The standard InChI is InChI=1S/C13H22N4O2S/c1-10-4-5-12(14)13(11(10)2)20(18,19)15-17-8-6-16(3)7-9-17/h4-5,15H,6-9,14H2,1-3H3. The van der Waals surface area contributed by atoms with Crippen molar-refractivity contribution in [1.29, 1.82) is 0 Å². The van der Waals surface area contributed by atoms with Gasteiger partial charge in [-0.1, -0.05) is 6.07 Å². The predicted molar refractivity (Wildman–Crippen MR) is 79.7 cm³/mol. The summed E-state index contributed by atoms with van der Waals surface area (Å²) in [5.74, 6) is 0. The zero-order chi connectivity index (χ0) is 14.9. The molecule has 0 radical (unpaired) electrons. The molecule has 0 bridgehead atoms. The molecule has 112 valence electrons. The van der Waals surface area contributed by atoms with Crippen LogP contribution in [0.5, 0.6) is 0 Å². The average Bonchev–Trinajstić information content (AvgIpc) is 2.37. The minimum Gasteiger partial charge on any atom is -0.398 e. The molecule has 0 aromatic heterocycles. The maximum Gasteiger partial charge on any atom is 0.255 e. The number of nitrogens with one attached hydrogen (secondary N) is 1. The van der Waals surface area contributed by atoms with E-state index in [0.717, 1.165) is 18.7 Å². The third-order valence-electron chi connectivity index (χ3n) is 3.73. The number of likely N-dealkylation sites (N-methyl/N-ethyl adjacent to an activating group) is 1. The summed E-state index contributed by atoms with van der Waals surface area (Å²) >= 11 is 0. The molecule has 0 spiro atoms. The number of benzene rings is 1. The highest BCUT2D eigenvalue weighted by molar-refractivity contribution is 7.89. The van der Waals surface area contributed by atoms with E-state index in [4.69, 9.17) is 5.73 Å². The molecule has 1 aromatic rings. The molecular weight excluding hydrogens is 276 g/mol. The number of hydrazine groups is 1. The van der Waals surface area contributed by atoms with Gasteiger partial charge in [0, 0.05) is 26.2 Å². The summed E-state index contributed by atoms with van der Waals surface area (Å²) < 4.78 is 25.1. The lowest BCUT2D eigenvalue weighted by Gasteiger charge is -2.32. The van der Waals surface area contributed by atoms with Crippen LogP contribution in [0, 0.1) is 13.8 Å². The molecular formula is C13H22N4O2S. The van der Waals surface area contributed by atoms with Gasteiger partial charge in [0.1, 0.15) is 4.90 Å². The second kappa shape index (κ2) is 5.69. The van der Waals surface area contributed by atoms with E-state index in [9.17, 15) is 8.42 Å². The molecule has 6 nitrogen and oxygen atoms in total. The highest BCUT2D eigenvalue weighted by Gasteiger charge is 2.25. The second-order valence-corrected chi connectivity index (χ2v) is 6.91. The molecule has 3 N–H and O–H groups in total. The number of rotatable bonds is 3. The summed E-state index contributed by atoms with van der Waals surface area (Å²) in [5, 5.41) is 1.73. The summed E-state index contributed by atoms with van der Waals surface area (Å²) in [6.07, 6.45) is 0. The van der Waals surface area contributed by atoms with Crippen LogP contribution < -0.4 is 10.6 Å². The first-order valence-corrected chi connectivity index (χ1v) is 8.11. The Bertz CT molecular complexity index is 593. The summed E-state index contributed by atoms with van der Waals surface area (Å²) in [4.78, 5) is 4.99. The second-order valence-electron chi connectivity index (χ2n) is 5.31. The number of nitrogens with zero attached hydrogens (tertiary/aromatic N) is 2. The molecule has 20 heavy (non-hydrogen) atoms. The van der Waals surface area contributed by atoms with Gasteiger partial charge in [0.15, 0.2) is 0 Å². The number of anilines is 1. The van der Waals surface area contributed by atoms with Gasteiger partial charge in [-0.05, 0) is 38.1 Å². The lowest BCUT2D eigenvalue weighted by Crippen LogP contribution is -2.52. The van der Waals surface area contributed by atoms with Crippen molar-refractivity contribution in [3.05, 3.63) is 23.3 Å². The number of piperazine rings is 1. The van der Waals surface area contributed by atoms with E-state index in [2.05, 4.69) is 9.73 Å². The zero-order valence-corrected chi connectivity index (χ0v) is 13.0. The van der Waals surface area contributed by atoms with E-state index in [0.29, 0.717) is 18.7 Å². The molecule has 0 atom stereocenters. The van der Waals surface area contributed by atoms with Crippen LogP contribution in [-0.4, -0.2) is 51.6 Å². The molecule has 1 aliphatic rings. The molecule has 1 saturated heterocycles. The van der Waals surface area contributed by atoms with Gasteiger partial charge in [-0.15, -0.1) is 4.83 Å². The van der Waals surface area contributed by atoms with Gasteiger partial charge in [0.05, 0.1) is 5.69 Å². The molecule has 2 rings (SSSR count). The van der Waals surface area contributed by atoms with Crippen molar-refractivity contribution < 1.29 is 8.42 Å². The number of nitrogen functional groups attached to an aromatic ring is 1. The summed E-state index contributed by atoms with van der Waals surface area (Å²) in [7, 11) is -1.61. The van der Waals surface area contributed by atoms with Gasteiger partial charge < -0.3 is 10.6 Å². The van der Waals surface area contributed by atoms with E-state index in [1.165, 1.54) is 0 Å². The Morgan fingerprint density at radius 1 is 1.15 bits per heavy atom. The first-order valence-electron chi connectivity index (χ1n) is 6.63. The Hall–Kier alpha value is -1.15. The van der Waals surface area contributed by atoms with Crippen molar-refractivity contribution in [2.75, 3.05) is 39.0 Å². The first-order chi connectivity index (χ1) is 9.31. The van der Waals surface area contributed by atoms with Crippen molar-refractivity contribution in [3.63, 3.8) is 0 Å². The molecule has 0 unspecified atom stereocenters. The number of hydrogen-bond donors (Lipinski definition) is 2. The van der Waals surface area contributed by atoms with Crippen LogP contribution in [0.15, 0.2) is 17.0 Å². The van der Waals surface area contributed by atoms with Gasteiger partial charge in [-0.25, -0.2) is 13.4 Å². The molecule has 1 aromatic carbocycles. The number of aryl methyl sites for hydroxylation is 1. The molecule has 0 saturated carbocycles. The Morgan fingerprint density at radius 3 is 2.35 bits per heavy atom. The molecule has 1 fully saturated rings. The van der Waals surface area contributed by atoms with E-state index in [-0.39, 0.29) is 10.6 Å². The predicted octanol–water partition coefficient (Wildman–Crippen LogP) is 0.326. The van der Waals surface area contributed by atoms with Crippen LogP contribution in [-0.2, 0) is 10.0 Å². The number of nitrogens with two attached hydrogens (primary N) is 1. The van der Waals surface area contributed by atoms with Crippen molar-refractivity contribution in [1.82, 2.24) is 14.7 Å². The fraction of sp³-hybridized carbons (Fsp3) is 0.538. The van der Waals surface area contributed by atoms with Crippen LogP contribution in [0.4, 0.5) is 5.69 Å². The fourth-order valence-corrected chi connectivity index (χ4v) is 3.84. The van der Waals surface area contributed by atoms with Gasteiger partial charge in [0.2, 0.25) is 0 Å². The molecule has 7 heteroatoms. The van der Waals surface area contributed by atoms with Crippen molar-refractivity contribution in [2.45, 2.75) is 18.7 Å². The highest BCUT2D eigenvalue weighted by atomic mass is 32.2. The van der Waals surface area contributed by atoms with Gasteiger partial charge in [-0.2, -0.15) is 0 Å². The van der Waals surface area contributed by atoms with Crippen molar-refractivity contribution in [2.24, 2.45) is 0 Å². The molecule has 1 heterocycles. The lowest BCUT2D eigenvalue weighted by molar-refractivity contribution is 0.135. The smallest absolute Gasteiger partial charge is 0.255 e. The minimum atomic E-state index is -3.63. The quantitative estimate of drug-likeness (QED) is 0.786. The number of sulfonamides is 1. The summed E-state index contributed by atoms with van der Waals surface area (Å²) in [6, 6.07) is 3.47. The van der Waals surface area contributed by atoms with Crippen LogP contribution in [0.3, 0.4) is 0 Å².